The molecule has 0 heterocycles. The molecule has 0 radical (unpaired) electrons. The van der Waals surface area contributed by atoms with Crippen molar-refractivity contribution in [1.82, 2.24) is 0 Å². The van der Waals surface area contributed by atoms with Gasteiger partial charge in [-0.15, -0.1) is 0 Å². The maximum atomic E-state index is 11.3. The molecule has 30 heavy (non-hydrogen) atoms. The van der Waals surface area contributed by atoms with Gasteiger partial charge in [-0.1, -0.05) is 90.4 Å². The lowest BCUT2D eigenvalue weighted by Crippen LogP contribution is -2.02. The molecule has 0 aliphatic heterocycles. The monoisotopic (exact) mass is 461 g/mol. The van der Waals surface area contributed by atoms with Gasteiger partial charge in [0.05, 0.1) is 16.4 Å². The third-order valence-electron chi connectivity index (χ3n) is 5.16. The number of hydrogen-bond donors (Lipinski definition) is 0. The molecule has 1 rings (SSSR count). The van der Waals surface area contributed by atoms with Gasteiger partial charge < -0.3 is 4.74 Å². The quantitative estimate of drug-likeness (QED) is 0.0984. The maximum Gasteiger partial charge on any atom is 0.312 e. The number of nitrogens with zero attached hydrogens (tertiary/aromatic N) is 1. The topological polar surface area (TPSA) is 86.5 Å². The van der Waals surface area contributed by atoms with E-state index in [1.165, 1.54) is 82.8 Å². The predicted molar refractivity (Wildman–Crippen MR) is 122 cm³/mol. The fourth-order valence-corrected chi connectivity index (χ4v) is 4.16. The predicted octanol–water partition coefficient (Wildman–Crippen LogP) is 7.38. The van der Waals surface area contributed by atoms with Crippen molar-refractivity contribution in [3.05, 3.63) is 28.3 Å². The number of hydrogen-bond acceptors (Lipinski definition) is 5. The second-order valence-electron chi connectivity index (χ2n) is 7.77. The van der Waals surface area contributed by atoms with Crippen LogP contribution in [0.1, 0.15) is 96.8 Å². The van der Waals surface area contributed by atoms with Crippen LogP contribution in [0.25, 0.3) is 0 Å². The number of halogens is 1. The minimum atomic E-state index is -4.01. The lowest BCUT2D eigenvalue weighted by Gasteiger charge is -2.08. The Morgan fingerprint density at radius 2 is 1.33 bits per heavy atom. The molecular formula is C22H36ClNO5S. The molecule has 1 aromatic rings. The Hall–Kier alpha value is -1.34. The van der Waals surface area contributed by atoms with Crippen LogP contribution in [0.5, 0.6) is 5.75 Å². The van der Waals surface area contributed by atoms with E-state index < -0.39 is 14.0 Å². The number of nitro benzene ring substituents is 1. The highest BCUT2D eigenvalue weighted by Crippen LogP contribution is 2.31. The van der Waals surface area contributed by atoms with Gasteiger partial charge in [0.25, 0.3) is 9.05 Å². The molecule has 0 amide bonds. The van der Waals surface area contributed by atoms with Crippen LogP contribution in [0.4, 0.5) is 5.69 Å². The third kappa shape index (κ3) is 11.7. The first-order chi connectivity index (χ1) is 14.4. The molecule has 172 valence electrons. The number of ether oxygens (including phenoxy) is 1. The van der Waals surface area contributed by atoms with E-state index in [1.54, 1.807) is 0 Å². The van der Waals surface area contributed by atoms with Gasteiger partial charge in [-0.3, -0.25) is 10.1 Å². The van der Waals surface area contributed by atoms with E-state index in [0.29, 0.717) is 6.61 Å². The number of unbranched alkanes of at least 4 members (excludes halogenated alkanes) is 13. The van der Waals surface area contributed by atoms with Gasteiger partial charge in [-0.05, 0) is 18.6 Å². The molecule has 0 aliphatic carbocycles. The van der Waals surface area contributed by atoms with E-state index in [9.17, 15) is 18.5 Å². The van der Waals surface area contributed by atoms with Crippen LogP contribution in [0.15, 0.2) is 23.1 Å². The van der Waals surface area contributed by atoms with Crippen LogP contribution in [0.2, 0.25) is 0 Å². The van der Waals surface area contributed by atoms with E-state index >= 15 is 0 Å². The van der Waals surface area contributed by atoms with E-state index in [1.807, 2.05) is 0 Å². The minimum Gasteiger partial charge on any atom is -0.487 e. The van der Waals surface area contributed by atoms with Gasteiger partial charge in [0, 0.05) is 16.7 Å². The number of nitro groups is 1. The summed E-state index contributed by atoms with van der Waals surface area (Å²) < 4.78 is 28.2. The van der Waals surface area contributed by atoms with Gasteiger partial charge in [0.1, 0.15) is 0 Å². The zero-order valence-corrected chi connectivity index (χ0v) is 19.7. The first kappa shape index (κ1) is 26.7. The Kier molecular flexibility index (Phi) is 13.8. The summed E-state index contributed by atoms with van der Waals surface area (Å²) in [7, 11) is 1.23. The first-order valence-corrected chi connectivity index (χ1v) is 13.5. The SMILES string of the molecule is CCCCCCCCCCCCCCCCOc1ccc(S(=O)(=O)Cl)cc1[N+](=O)[O-]. The first-order valence-electron chi connectivity index (χ1n) is 11.2. The van der Waals surface area contributed by atoms with Crippen LogP contribution >= 0.6 is 10.7 Å². The average Bonchev–Trinajstić information content (AvgIpc) is 2.70. The molecule has 0 bridgehead atoms. The molecule has 0 saturated carbocycles. The Morgan fingerprint density at radius 1 is 0.867 bits per heavy atom. The van der Waals surface area contributed by atoms with Crippen molar-refractivity contribution in [2.75, 3.05) is 6.61 Å². The lowest BCUT2D eigenvalue weighted by molar-refractivity contribution is -0.386. The van der Waals surface area contributed by atoms with Gasteiger partial charge >= 0.3 is 5.69 Å². The molecule has 0 N–H and O–H groups in total. The van der Waals surface area contributed by atoms with Crippen LogP contribution < -0.4 is 4.74 Å². The molecule has 0 saturated heterocycles. The van der Waals surface area contributed by atoms with E-state index in [-0.39, 0.29) is 16.3 Å². The smallest absolute Gasteiger partial charge is 0.312 e. The summed E-state index contributed by atoms with van der Waals surface area (Å²) in [6.45, 7) is 2.61. The van der Waals surface area contributed by atoms with Crippen molar-refractivity contribution in [3.63, 3.8) is 0 Å². The molecule has 0 spiro atoms. The van der Waals surface area contributed by atoms with Crippen LogP contribution in [-0.4, -0.2) is 19.9 Å². The van der Waals surface area contributed by atoms with Crippen molar-refractivity contribution in [1.29, 1.82) is 0 Å². The summed E-state index contributed by atoms with van der Waals surface area (Å²) in [6, 6.07) is 3.44. The van der Waals surface area contributed by atoms with Crippen LogP contribution in [0.3, 0.4) is 0 Å². The van der Waals surface area contributed by atoms with Crippen molar-refractivity contribution in [2.45, 2.75) is 102 Å². The highest BCUT2D eigenvalue weighted by atomic mass is 35.7. The van der Waals surface area contributed by atoms with Gasteiger partial charge in [0.2, 0.25) is 0 Å². The fourth-order valence-electron chi connectivity index (χ4n) is 3.39. The molecule has 8 heteroatoms. The molecule has 0 aliphatic rings. The Bertz CT molecular complexity index is 724. The van der Waals surface area contributed by atoms with Crippen LogP contribution in [-0.2, 0) is 9.05 Å². The minimum absolute atomic E-state index is 0.0683. The van der Waals surface area contributed by atoms with Crippen molar-refractivity contribution >= 4 is 25.4 Å². The molecule has 1 aromatic carbocycles. The summed E-state index contributed by atoms with van der Waals surface area (Å²) in [5.74, 6) is 0.0683. The third-order valence-corrected chi connectivity index (χ3v) is 6.52. The summed E-state index contributed by atoms with van der Waals surface area (Å²) in [6.07, 6.45) is 17.6. The molecule has 0 fully saturated rings. The zero-order chi connectivity index (χ0) is 22.2. The normalized spacial score (nSPS) is 11.5. The molecule has 0 aromatic heterocycles. The molecule has 0 atom stereocenters. The van der Waals surface area contributed by atoms with Crippen molar-refractivity contribution < 1.29 is 18.1 Å². The second kappa shape index (κ2) is 15.5. The van der Waals surface area contributed by atoms with E-state index in [0.717, 1.165) is 25.3 Å². The Morgan fingerprint density at radius 3 is 1.77 bits per heavy atom. The number of benzene rings is 1. The van der Waals surface area contributed by atoms with E-state index in [2.05, 4.69) is 6.92 Å². The Balaban J connectivity index is 2.10. The fraction of sp³-hybridized carbons (Fsp3) is 0.727. The Labute approximate surface area is 185 Å². The average molecular weight is 462 g/mol. The second-order valence-corrected chi connectivity index (χ2v) is 10.3. The maximum absolute atomic E-state index is 11.3. The van der Waals surface area contributed by atoms with Crippen molar-refractivity contribution in [2.24, 2.45) is 0 Å². The summed E-state index contributed by atoms with van der Waals surface area (Å²) in [5, 5.41) is 11.1. The molecule has 0 unspecified atom stereocenters. The highest BCUT2D eigenvalue weighted by Gasteiger charge is 2.20. The van der Waals surface area contributed by atoms with Crippen LogP contribution in [0, 0.1) is 10.1 Å². The highest BCUT2D eigenvalue weighted by molar-refractivity contribution is 8.13. The molecular weight excluding hydrogens is 426 g/mol. The van der Waals surface area contributed by atoms with Crippen molar-refractivity contribution in [3.8, 4) is 5.75 Å². The summed E-state index contributed by atoms with van der Waals surface area (Å²) in [5.41, 5.74) is -0.387. The summed E-state index contributed by atoms with van der Waals surface area (Å²) in [4.78, 5) is 10.2. The largest absolute Gasteiger partial charge is 0.487 e. The lowest BCUT2D eigenvalue weighted by atomic mass is 10.0. The van der Waals surface area contributed by atoms with E-state index in [4.69, 9.17) is 15.4 Å². The summed E-state index contributed by atoms with van der Waals surface area (Å²) >= 11 is 0. The molecule has 6 nitrogen and oxygen atoms in total. The standard InChI is InChI=1S/C22H36ClNO5S/c1-2-3-4-5-6-7-8-9-10-11-12-13-14-15-18-29-22-17-16-20(30(23,27)28)19-21(22)24(25)26/h16-17,19H,2-15,18H2,1H3. The van der Waals surface area contributed by atoms with Gasteiger partial charge in [0.15, 0.2) is 5.75 Å². The van der Waals surface area contributed by atoms with Gasteiger partial charge in [-0.25, -0.2) is 8.42 Å². The zero-order valence-electron chi connectivity index (χ0n) is 18.1. The number of rotatable bonds is 18. The van der Waals surface area contributed by atoms with Gasteiger partial charge in [-0.2, -0.15) is 0 Å².